The molecule has 2 aromatic rings. The van der Waals surface area contributed by atoms with Crippen molar-refractivity contribution in [2.24, 2.45) is 5.92 Å². The molecule has 1 aromatic carbocycles. The molecule has 1 atom stereocenters. The number of ether oxygens (including phenoxy) is 2. The van der Waals surface area contributed by atoms with E-state index >= 15 is 0 Å². The largest absolute Gasteiger partial charge is 0.469 e. The first kappa shape index (κ1) is 19.6. The third kappa shape index (κ3) is 5.40. The van der Waals surface area contributed by atoms with Crippen molar-refractivity contribution >= 4 is 23.3 Å². The van der Waals surface area contributed by atoms with Gasteiger partial charge in [-0.1, -0.05) is 24.3 Å². The maximum Gasteiger partial charge on any atom is 0.348 e. The van der Waals surface area contributed by atoms with Crippen LogP contribution in [-0.4, -0.2) is 44.1 Å². The summed E-state index contributed by atoms with van der Waals surface area (Å²) in [7, 11) is 2.82. The summed E-state index contributed by atoms with van der Waals surface area (Å²) in [6.45, 7) is 3.03. The van der Waals surface area contributed by atoms with Crippen LogP contribution in [-0.2, 0) is 33.7 Å². The van der Waals surface area contributed by atoms with Gasteiger partial charge in [0.15, 0.2) is 0 Å². The number of methoxy groups -OCH3 is 2. The summed E-state index contributed by atoms with van der Waals surface area (Å²) in [5.41, 5.74) is 2.29. The third-order valence-electron chi connectivity index (χ3n) is 4.92. The Morgan fingerprint density at radius 1 is 1.07 bits per heavy atom. The van der Waals surface area contributed by atoms with Crippen molar-refractivity contribution in [3.05, 3.63) is 57.3 Å². The van der Waals surface area contributed by atoms with E-state index < -0.39 is 0 Å². The Balaban J connectivity index is 1.49. The van der Waals surface area contributed by atoms with E-state index in [-0.39, 0.29) is 11.9 Å². The first-order chi connectivity index (χ1) is 13.1. The Hall–Kier alpha value is -2.18. The predicted octanol–water partition coefficient (Wildman–Crippen LogP) is 3.31. The molecule has 0 amide bonds. The molecule has 0 N–H and O–H groups in total. The molecule has 1 aliphatic rings. The topological polar surface area (TPSA) is 55.8 Å². The van der Waals surface area contributed by atoms with Gasteiger partial charge in [0.2, 0.25) is 0 Å². The molecule has 0 bridgehead atoms. The lowest BCUT2D eigenvalue weighted by molar-refractivity contribution is -0.139. The molecule has 0 spiro atoms. The number of benzene rings is 1. The maximum atomic E-state index is 11.6. The predicted molar refractivity (Wildman–Crippen MR) is 105 cm³/mol. The van der Waals surface area contributed by atoms with Crippen LogP contribution in [0, 0.1) is 5.92 Å². The van der Waals surface area contributed by atoms with Gasteiger partial charge in [0.05, 0.1) is 20.6 Å². The van der Waals surface area contributed by atoms with Crippen LogP contribution in [0.25, 0.3) is 0 Å². The fourth-order valence-electron chi connectivity index (χ4n) is 3.48. The minimum Gasteiger partial charge on any atom is -0.469 e. The Bertz CT molecular complexity index is 784. The van der Waals surface area contributed by atoms with E-state index in [1.807, 2.05) is 24.3 Å². The van der Waals surface area contributed by atoms with Crippen LogP contribution in [0.3, 0.4) is 0 Å². The van der Waals surface area contributed by atoms with Gasteiger partial charge in [-0.15, -0.1) is 11.3 Å². The van der Waals surface area contributed by atoms with Crippen LogP contribution >= 0.6 is 11.3 Å². The standard InChI is InChI=1S/C21H25NO4S/c1-25-20(23)12-16-5-3-15(4-6-16)11-17-9-10-22(13-17)14-18-7-8-19(27-18)21(24)26-2/h3-8,17H,9-14H2,1-2H3. The summed E-state index contributed by atoms with van der Waals surface area (Å²) in [6.07, 6.45) is 2.55. The lowest BCUT2D eigenvalue weighted by Crippen LogP contribution is -2.20. The van der Waals surface area contributed by atoms with Crippen molar-refractivity contribution in [3.8, 4) is 0 Å². The molecule has 1 aliphatic heterocycles. The minimum absolute atomic E-state index is 0.210. The highest BCUT2D eigenvalue weighted by Gasteiger charge is 2.23. The molecule has 0 aliphatic carbocycles. The number of nitrogens with zero attached hydrogens (tertiary/aromatic N) is 1. The van der Waals surface area contributed by atoms with E-state index in [1.54, 1.807) is 0 Å². The molecule has 1 aromatic heterocycles. The zero-order valence-corrected chi connectivity index (χ0v) is 16.6. The van der Waals surface area contributed by atoms with Crippen molar-refractivity contribution in [1.82, 2.24) is 4.90 Å². The van der Waals surface area contributed by atoms with Gasteiger partial charge < -0.3 is 9.47 Å². The van der Waals surface area contributed by atoms with Gasteiger partial charge >= 0.3 is 11.9 Å². The van der Waals surface area contributed by atoms with Crippen LogP contribution in [0.4, 0.5) is 0 Å². The molecule has 0 saturated carbocycles. The van der Waals surface area contributed by atoms with Gasteiger partial charge in [-0.05, 0) is 48.6 Å². The van der Waals surface area contributed by atoms with Gasteiger partial charge in [0.25, 0.3) is 0 Å². The van der Waals surface area contributed by atoms with Crippen LogP contribution in [0.2, 0.25) is 0 Å². The van der Waals surface area contributed by atoms with Crippen molar-refractivity contribution in [2.75, 3.05) is 27.3 Å². The fraction of sp³-hybridized carbons (Fsp3) is 0.429. The van der Waals surface area contributed by atoms with Gasteiger partial charge in [-0.3, -0.25) is 9.69 Å². The van der Waals surface area contributed by atoms with Crippen molar-refractivity contribution < 1.29 is 19.1 Å². The Morgan fingerprint density at radius 2 is 1.81 bits per heavy atom. The van der Waals surface area contributed by atoms with E-state index in [1.165, 1.54) is 42.4 Å². The number of hydrogen-bond donors (Lipinski definition) is 0. The molecule has 144 valence electrons. The highest BCUT2D eigenvalue weighted by Crippen LogP contribution is 2.25. The van der Waals surface area contributed by atoms with E-state index in [0.29, 0.717) is 17.2 Å². The molecular formula is C21H25NO4S. The lowest BCUT2D eigenvalue weighted by atomic mass is 9.97. The van der Waals surface area contributed by atoms with Crippen LogP contribution in [0.15, 0.2) is 36.4 Å². The third-order valence-corrected chi connectivity index (χ3v) is 5.97. The van der Waals surface area contributed by atoms with Gasteiger partial charge in [-0.25, -0.2) is 4.79 Å². The summed E-state index contributed by atoms with van der Waals surface area (Å²) >= 11 is 1.51. The van der Waals surface area contributed by atoms with Gasteiger partial charge in [-0.2, -0.15) is 0 Å². The maximum absolute atomic E-state index is 11.6. The second-order valence-corrected chi connectivity index (χ2v) is 8.09. The Morgan fingerprint density at radius 3 is 2.52 bits per heavy atom. The normalized spacial score (nSPS) is 17.0. The smallest absolute Gasteiger partial charge is 0.348 e. The summed E-state index contributed by atoms with van der Waals surface area (Å²) in [6, 6.07) is 12.1. The Kier molecular flexibility index (Phi) is 6.63. The van der Waals surface area contributed by atoms with Crippen LogP contribution < -0.4 is 0 Å². The van der Waals surface area contributed by atoms with E-state index in [4.69, 9.17) is 9.47 Å². The zero-order valence-electron chi connectivity index (χ0n) is 15.8. The lowest BCUT2D eigenvalue weighted by Gasteiger charge is -2.15. The number of carbonyl (C=O) groups is 2. The Labute approximate surface area is 163 Å². The summed E-state index contributed by atoms with van der Waals surface area (Å²) in [5.74, 6) is 0.163. The van der Waals surface area contributed by atoms with E-state index in [9.17, 15) is 9.59 Å². The minimum atomic E-state index is -0.263. The first-order valence-electron chi connectivity index (χ1n) is 9.11. The van der Waals surface area contributed by atoms with Crippen molar-refractivity contribution in [2.45, 2.75) is 25.8 Å². The number of carbonyl (C=O) groups excluding carboxylic acids is 2. The molecule has 1 saturated heterocycles. The molecule has 0 radical (unpaired) electrons. The van der Waals surface area contributed by atoms with E-state index in [2.05, 4.69) is 17.0 Å². The molecule has 6 heteroatoms. The molecule has 5 nitrogen and oxygen atoms in total. The quantitative estimate of drug-likeness (QED) is 0.682. The molecular weight excluding hydrogens is 362 g/mol. The van der Waals surface area contributed by atoms with Crippen molar-refractivity contribution in [3.63, 3.8) is 0 Å². The molecule has 1 unspecified atom stereocenters. The molecule has 27 heavy (non-hydrogen) atoms. The van der Waals surface area contributed by atoms with Crippen LogP contribution in [0.5, 0.6) is 0 Å². The SMILES string of the molecule is COC(=O)Cc1ccc(CC2CCN(Cc3ccc(C(=O)OC)s3)C2)cc1. The van der Waals surface area contributed by atoms with Crippen molar-refractivity contribution in [1.29, 1.82) is 0 Å². The summed E-state index contributed by atoms with van der Waals surface area (Å²) in [4.78, 5) is 27.2. The first-order valence-corrected chi connectivity index (χ1v) is 9.93. The molecule has 2 heterocycles. The monoisotopic (exact) mass is 387 g/mol. The highest BCUT2D eigenvalue weighted by atomic mass is 32.1. The summed E-state index contributed by atoms with van der Waals surface area (Å²) < 4.78 is 9.48. The zero-order chi connectivity index (χ0) is 19.2. The summed E-state index contributed by atoms with van der Waals surface area (Å²) in [5, 5.41) is 0. The average Bonchev–Trinajstić information content (AvgIpc) is 3.32. The van der Waals surface area contributed by atoms with E-state index in [0.717, 1.165) is 31.6 Å². The van der Waals surface area contributed by atoms with Gasteiger partial charge in [0.1, 0.15) is 4.88 Å². The molecule has 3 rings (SSSR count). The fourth-order valence-corrected chi connectivity index (χ4v) is 4.45. The van der Waals surface area contributed by atoms with Crippen LogP contribution in [0.1, 0.15) is 32.1 Å². The number of rotatable bonds is 7. The second kappa shape index (κ2) is 9.15. The average molecular weight is 388 g/mol. The number of esters is 2. The highest BCUT2D eigenvalue weighted by molar-refractivity contribution is 7.13. The number of thiophene rings is 1. The molecule has 1 fully saturated rings. The second-order valence-electron chi connectivity index (χ2n) is 6.92. The number of hydrogen-bond acceptors (Lipinski definition) is 6. The van der Waals surface area contributed by atoms with Gasteiger partial charge in [0, 0.05) is 18.0 Å². The number of likely N-dealkylation sites (tertiary alicyclic amines) is 1.